The Balaban J connectivity index is 1.82. The molecule has 1 aromatic rings. The lowest BCUT2D eigenvalue weighted by Gasteiger charge is -2.32. The van der Waals surface area contributed by atoms with Gasteiger partial charge in [0.2, 0.25) is 0 Å². The van der Waals surface area contributed by atoms with Crippen molar-refractivity contribution in [3.05, 3.63) is 28.8 Å². The first-order valence-electron chi connectivity index (χ1n) is 6.50. The molecule has 0 aliphatic heterocycles. The van der Waals surface area contributed by atoms with Gasteiger partial charge in [-0.1, -0.05) is 36.9 Å². The van der Waals surface area contributed by atoms with Crippen LogP contribution in [0.25, 0.3) is 0 Å². The fraction of sp³-hybridized carbons (Fsp3) is 0.571. The number of nitrogens with one attached hydrogen (secondary N) is 1. The first-order valence-corrected chi connectivity index (χ1v) is 6.87. The van der Waals surface area contributed by atoms with E-state index in [9.17, 15) is 10.2 Å². The number of aliphatic hydroxyl groups is 1. The molecule has 0 aromatic heterocycles. The van der Waals surface area contributed by atoms with Gasteiger partial charge in [0.15, 0.2) is 0 Å². The van der Waals surface area contributed by atoms with Crippen molar-refractivity contribution in [2.45, 2.75) is 44.2 Å². The third-order valence-corrected chi connectivity index (χ3v) is 3.88. The Bertz CT molecular complexity index is 403. The van der Waals surface area contributed by atoms with E-state index in [1.54, 1.807) is 12.1 Å². The van der Waals surface area contributed by atoms with Crippen LogP contribution in [0.2, 0.25) is 5.02 Å². The van der Waals surface area contributed by atoms with Crippen LogP contribution in [0.4, 0.5) is 0 Å². The first kappa shape index (κ1) is 13.7. The van der Waals surface area contributed by atoms with Gasteiger partial charge >= 0.3 is 0 Å². The summed E-state index contributed by atoms with van der Waals surface area (Å²) < 4.78 is 0. The van der Waals surface area contributed by atoms with Crippen LogP contribution in [-0.2, 0) is 6.54 Å². The third kappa shape index (κ3) is 3.61. The molecule has 0 unspecified atom stereocenters. The minimum absolute atomic E-state index is 0.103. The number of benzene rings is 1. The van der Waals surface area contributed by atoms with Gasteiger partial charge < -0.3 is 15.5 Å². The second-order valence-electron chi connectivity index (χ2n) is 5.17. The van der Waals surface area contributed by atoms with E-state index < -0.39 is 5.60 Å². The number of halogens is 1. The highest BCUT2D eigenvalue weighted by molar-refractivity contribution is 6.32. The SMILES string of the molecule is Oc1ccc(CNCC2(O)CCCCC2)cc1Cl. The van der Waals surface area contributed by atoms with Crippen LogP contribution in [0.5, 0.6) is 5.75 Å². The predicted octanol–water partition coefficient (Wildman–Crippen LogP) is 2.83. The second kappa shape index (κ2) is 5.91. The maximum Gasteiger partial charge on any atom is 0.134 e. The van der Waals surface area contributed by atoms with Crippen molar-refractivity contribution in [1.29, 1.82) is 0 Å². The molecule has 1 aromatic carbocycles. The normalized spacial score (nSPS) is 18.8. The van der Waals surface area contributed by atoms with Crippen LogP contribution < -0.4 is 5.32 Å². The van der Waals surface area contributed by atoms with Gasteiger partial charge in [-0.3, -0.25) is 0 Å². The summed E-state index contributed by atoms with van der Waals surface area (Å²) in [6.07, 6.45) is 5.23. The van der Waals surface area contributed by atoms with Gasteiger partial charge in [-0.15, -0.1) is 0 Å². The zero-order chi connectivity index (χ0) is 13.0. The molecular formula is C14H20ClNO2. The molecule has 4 heteroatoms. The Morgan fingerprint density at radius 3 is 2.61 bits per heavy atom. The summed E-state index contributed by atoms with van der Waals surface area (Å²) >= 11 is 5.84. The zero-order valence-corrected chi connectivity index (χ0v) is 11.2. The Kier molecular flexibility index (Phi) is 4.49. The highest BCUT2D eigenvalue weighted by Crippen LogP contribution is 2.27. The van der Waals surface area contributed by atoms with Crippen LogP contribution in [0.1, 0.15) is 37.7 Å². The molecule has 18 heavy (non-hydrogen) atoms. The molecule has 3 N–H and O–H groups in total. The zero-order valence-electron chi connectivity index (χ0n) is 10.5. The summed E-state index contributed by atoms with van der Waals surface area (Å²) in [7, 11) is 0. The largest absolute Gasteiger partial charge is 0.506 e. The number of aromatic hydroxyl groups is 1. The maximum absolute atomic E-state index is 10.3. The quantitative estimate of drug-likeness (QED) is 0.788. The smallest absolute Gasteiger partial charge is 0.134 e. The maximum atomic E-state index is 10.3. The number of phenols is 1. The predicted molar refractivity (Wildman–Crippen MR) is 72.9 cm³/mol. The van der Waals surface area contributed by atoms with Crippen LogP contribution >= 0.6 is 11.6 Å². The summed E-state index contributed by atoms with van der Waals surface area (Å²) in [5.74, 6) is 0.103. The molecule has 3 nitrogen and oxygen atoms in total. The van der Waals surface area contributed by atoms with Gasteiger partial charge in [-0.05, 0) is 30.5 Å². The molecule has 0 atom stereocenters. The van der Waals surface area contributed by atoms with Gasteiger partial charge in [0.05, 0.1) is 10.6 Å². The van der Waals surface area contributed by atoms with Crippen molar-refractivity contribution in [3.8, 4) is 5.75 Å². The van der Waals surface area contributed by atoms with E-state index >= 15 is 0 Å². The average Bonchev–Trinajstić information content (AvgIpc) is 2.34. The lowest BCUT2D eigenvalue weighted by atomic mass is 9.85. The van der Waals surface area contributed by atoms with Gasteiger partial charge in [0.25, 0.3) is 0 Å². The summed E-state index contributed by atoms with van der Waals surface area (Å²) in [5.41, 5.74) is 0.469. The van der Waals surface area contributed by atoms with Crippen LogP contribution in [0.15, 0.2) is 18.2 Å². The number of rotatable bonds is 4. The molecule has 0 spiro atoms. The minimum Gasteiger partial charge on any atom is -0.506 e. The van der Waals surface area contributed by atoms with Crippen molar-refractivity contribution in [2.24, 2.45) is 0 Å². The van der Waals surface area contributed by atoms with Crippen LogP contribution in [0, 0.1) is 0 Å². The second-order valence-corrected chi connectivity index (χ2v) is 5.58. The number of hydrogen-bond donors (Lipinski definition) is 3. The van der Waals surface area contributed by atoms with Crippen molar-refractivity contribution >= 4 is 11.6 Å². The lowest BCUT2D eigenvalue weighted by Crippen LogP contribution is -2.41. The van der Waals surface area contributed by atoms with Crippen LogP contribution in [0.3, 0.4) is 0 Å². The molecule has 100 valence electrons. The molecule has 2 rings (SSSR count). The Morgan fingerprint density at radius 1 is 1.22 bits per heavy atom. The van der Waals surface area contributed by atoms with Crippen molar-refractivity contribution in [2.75, 3.05) is 6.54 Å². The lowest BCUT2D eigenvalue weighted by molar-refractivity contribution is 0.00467. The van der Waals surface area contributed by atoms with Gasteiger partial charge in [0, 0.05) is 13.1 Å². The summed E-state index contributed by atoms with van der Waals surface area (Å²) in [4.78, 5) is 0. The summed E-state index contributed by atoms with van der Waals surface area (Å²) in [5, 5.41) is 23.3. The Labute approximate surface area is 113 Å². The summed E-state index contributed by atoms with van der Waals surface area (Å²) in [6, 6.07) is 5.17. The van der Waals surface area contributed by atoms with E-state index in [0.717, 1.165) is 31.2 Å². The fourth-order valence-electron chi connectivity index (χ4n) is 2.49. The molecule has 0 amide bonds. The molecule has 1 aliphatic rings. The summed E-state index contributed by atoms with van der Waals surface area (Å²) in [6.45, 7) is 1.27. The molecule has 1 aliphatic carbocycles. The molecule has 1 saturated carbocycles. The monoisotopic (exact) mass is 269 g/mol. The average molecular weight is 270 g/mol. The number of phenolic OH excluding ortho intramolecular Hbond substituents is 1. The molecule has 0 radical (unpaired) electrons. The van der Waals surface area contributed by atoms with E-state index in [1.165, 1.54) is 6.42 Å². The minimum atomic E-state index is -0.543. The Hall–Kier alpha value is -0.770. The van der Waals surface area contributed by atoms with Crippen molar-refractivity contribution in [3.63, 3.8) is 0 Å². The standard InChI is InChI=1S/C14H20ClNO2/c15-12-8-11(4-5-13(12)17)9-16-10-14(18)6-2-1-3-7-14/h4-5,8,16-18H,1-3,6-7,9-10H2. The van der Waals surface area contributed by atoms with E-state index in [0.29, 0.717) is 18.1 Å². The van der Waals surface area contributed by atoms with Gasteiger partial charge in [-0.2, -0.15) is 0 Å². The van der Waals surface area contributed by atoms with Crippen molar-refractivity contribution in [1.82, 2.24) is 5.32 Å². The van der Waals surface area contributed by atoms with E-state index in [-0.39, 0.29) is 5.75 Å². The van der Waals surface area contributed by atoms with E-state index in [2.05, 4.69) is 5.32 Å². The van der Waals surface area contributed by atoms with Gasteiger partial charge in [0.1, 0.15) is 5.75 Å². The highest BCUT2D eigenvalue weighted by Gasteiger charge is 2.28. The molecule has 1 fully saturated rings. The molecule has 0 heterocycles. The Morgan fingerprint density at radius 2 is 1.94 bits per heavy atom. The highest BCUT2D eigenvalue weighted by atomic mass is 35.5. The van der Waals surface area contributed by atoms with Crippen LogP contribution in [-0.4, -0.2) is 22.4 Å². The van der Waals surface area contributed by atoms with E-state index in [1.807, 2.05) is 6.07 Å². The molecule has 0 bridgehead atoms. The molecular weight excluding hydrogens is 250 g/mol. The topological polar surface area (TPSA) is 52.5 Å². The third-order valence-electron chi connectivity index (χ3n) is 3.58. The number of hydrogen-bond acceptors (Lipinski definition) is 3. The fourth-order valence-corrected chi connectivity index (χ4v) is 2.69. The van der Waals surface area contributed by atoms with Crippen molar-refractivity contribution < 1.29 is 10.2 Å². The first-order chi connectivity index (χ1) is 8.59. The van der Waals surface area contributed by atoms with E-state index in [4.69, 9.17) is 11.6 Å². The molecule has 0 saturated heterocycles. The van der Waals surface area contributed by atoms with Gasteiger partial charge in [-0.25, -0.2) is 0 Å².